The summed E-state index contributed by atoms with van der Waals surface area (Å²) >= 11 is 0. The van der Waals surface area contributed by atoms with Gasteiger partial charge in [0.2, 0.25) is 5.91 Å². The molecule has 0 spiro atoms. The van der Waals surface area contributed by atoms with Gasteiger partial charge in [0.15, 0.2) is 0 Å². The number of carboxylic acid groups (broad SMARTS) is 1. The molecule has 3 amide bonds. The van der Waals surface area contributed by atoms with Gasteiger partial charge in [-0.1, -0.05) is 12.1 Å². The number of nitrogens with zero attached hydrogens (tertiary/aromatic N) is 1. The predicted molar refractivity (Wildman–Crippen MR) is 75.1 cm³/mol. The van der Waals surface area contributed by atoms with E-state index in [4.69, 9.17) is 5.11 Å². The Morgan fingerprint density at radius 3 is 2.71 bits per heavy atom. The zero-order chi connectivity index (χ0) is 15.0. The standard InChI is InChI=1S/C14H15N3O4/c18-11-7-17(10-4-2-1-3-9(10)16-11)13(21)15-8-14(5-6-14)12(19)20/h1-4H,5-8H2,(H,15,21)(H,16,18)(H,19,20). The molecule has 0 unspecified atom stereocenters. The Balaban J connectivity index is 1.73. The summed E-state index contributed by atoms with van der Waals surface area (Å²) in [6, 6.07) is 6.54. The van der Waals surface area contributed by atoms with E-state index >= 15 is 0 Å². The molecule has 21 heavy (non-hydrogen) atoms. The van der Waals surface area contributed by atoms with Crippen molar-refractivity contribution in [3.8, 4) is 0 Å². The maximum atomic E-state index is 12.2. The Kier molecular flexibility index (Phi) is 3.04. The number of fused-ring (bicyclic) bond motifs is 1. The van der Waals surface area contributed by atoms with E-state index in [-0.39, 0.29) is 19.0 Å². The van der Waals surface area contributed by atoms with Crippen LogP contribution in [0.3, 0.4) is 0 Å². The molecular formula is C14H15N3O4. The second-order valence-electron chi connectivity index (χ2n) is 5.40. The minimum Gasteiger partial charge on any atom is -0.481 e. The quantitative estimate of drug-likeness (QED) is 0.773. The monoisotopic (exact) mass is 289 g/mol. The summed E-state index contributed by atoms with van der Waals surface area (Å²) < 4.78 is 0. The van der Waals surface area contributed by atoms with Gasteiger partial charge in [0.05, 0.1) is 16.8 Å². The number of carbonyl (C=O) groups is 3. The molecule has 1 aliphatic heterocycles. The smallest absolute Gasteiger partial charge is 0.322 e. The molecule has 3 rings (SSSR count). The van der Waals surface area contributed by atoms with Crippen molar-refractivity contribution in [1.82, 2.24) is 5.32 Å². The van der Waals surface area contributed by atoms with Gasteiger partial charge in [-0.3, -0.25) is 14.5 Å². The average molecular weight is 289 g/mol. The highest BCUT2D eigenvalue weighted by molar-refractivity contribution is 6.09. The highest BCUT2D eigenvalue weighted by Crippen LogP contribution is 2.45. The van der Waals surface area contributed by atoms with Gasteiger partial charge in [-0.15, -0.1) is 0 Å². The fourth-order valence-electron chi connectivity index (χ4n) is 2.37. The molecule has 7 nitrogen and oxygen atoms in total. The SMILES string of the molecule is O=C1CN(C(=O)NCC2(C(=O)O)CC2)c2ccccc2N1. The summed E-state index contributed by atoms with van der Waals surface area (Å²) in [5, 5.41) is 14.4. The highest BCUT2D eigenvalue weighted by atomic mass is 16.4. The van der Waals surface area contributed by atoms with Crippen LogP contribution in [-0.4, -0.2) is 36.1 Å². The van der Waals surface area contributed by atoms with E-state index in [1.165, 1.54) is 4.90 Å². The molecule has 3 N–H and O–H groups in total. The summed E-state index contributed by atoms with van der Waals surface area (Å²) in [6.45, 7) is 0.00434. The summed E-state index contributed by atoms with van der Waals surface area (Å²) in [5.41, 5.74) is 0.353. The maximum Gasteiger partial charge on any atom is 0.322 e. The molecule has 110 valence electrons. The summed E-state index contributed by atoms with van der Waals surface area (Å²) in [7, 11) is 0. The van der Waals surface area contributed by atoms with Crippen molar-refractivity contribution in [2.45, 2.75) is 12.8 Å². The Hall–Kier alpha value is -2.57. The van der Waals surface area contributed by atoms with Crippen LogP contribution in [0, 0.1) is 5.41 Å². The lowest BCUT2D eigenvalue weighted by molar-refractivity contribution is -0.143. The number of amides is 3. The number of aliphatic carboxylic acids is 1. The van der Waals surface area contributed by atoms with Gasteiger partial charge < -0.3 is 15.7 Å². The zero-order valence-corrected chi connectivity index (χ0v) is 11.3. The van der Waals surface area contributed by atoms with Crippen LogP contribution in [0.1, 0.15) is 12.8 Å². The molecule has 0 atom stereocenters. The number of hydrogen-bond acceptors (Lipinski definition) is 3. The molecule has 1 saturated carbocycles. The third kappa shape index (κ3) is 2.42. The minimum absolute atomic E-state index is 0.0804. The fraction of sp³-hybridized carbons (Fsp3) is 0.357. The lowest BCUT2D eigenvalue weighted by Crippen LogP contribution is -2.48. The molecule has 0 aromatic heterocycles. The molecule has 0 bridgehead atoms. The first-order valence-electron chi connectivity index (χ1n) is 6.69. The Morgan fingerprint density at radius 2 is 2.05 bits per heavy atom. The molecule has 0 radical (unpaired) electrons. The summed E-state index contributed by atoms with van der Waals surface area (Å²) in [5.74, 6) is -1.16. The molecule has 0 saturated heterocycles. The van der Waals surface area contributed by atoms with Gasteiger partial charge >= 0.3 is 12.0 Å². The van der Waals surface area contributed by atoms with Crippen molar-refractivity contribution in [3.63, 3.8) is 0 Å². The molecule has 1 heterocycles. The van der Waals surface area contributed by atoms with E-state index < -0.39 is 17.4 Å². The maximum absolute atomic E-state index is 12.2. The average Bonchev–Trinajstić information content (AvgIpc) is 3.25. The first-order chi connectivity index (χ1) is 10.0. The van der Waals surface area contributed by atoms with Gasteiger partial charge in [-0.05, 0) is 25.0 Å². The number of nitrogens with one attached hydrogen (secondary N) is 2. The second-order valence-corrected chi connectivity index (χ2v) is 5.40. The largest absolute Gasteiger partial charge is 0.481 e. The zero-order valence-electron chi connectivity index (χ0n) is 11.3. The van der Waals surface area contributed by atoms with Crippen molar-refractivity contribution in [2.75, 3.05) is 23.3 Å². The molecule has 1 aromatic carbocycles. The van der Waals surface area contributed by atoms with Crippen LogP contribution in [0.5, 0.6) is 0 Å². The van der Waals surface area contributed by atoms with E-state index in [0.717, 1.165) is 0 Å². The van der Waals surface area contributed by atoms with Gasteiger partial charge in [0.1, 0.15) is 6.54 Å². The number of urea groups is 1. The van der Waals surface area contributed by atoms with E-state index in [0.29, 0.717) is 24.2 Å². The Labute approximate surface area is 120 Å². The number of benzene rings is 1. The van der Waals surface area contributed by atoms with Crippen molar-refractivity contribution in [1.29, 1.82) is 0 Å². The fourth-order valence-corrected chi connectivity index (χ4v) is 2.37. The lowest BCUT2D eigenvalue weighted by Gasteiger charge is -2.29. The number of para-hydroxylation sites is 2. The van der Waals surface area contributed by atoms with Gasteiger partial charge in [0.25, 0.3) is 0 Å². The Morgan fingerprint density at radius 1 is 1.33 bits per heavy atom. The van der Waals surface area contributed by atoms with Crippen LogP contribution in [-0.2, 0) is 9.59 Å². The second kappa shape index (κ2) is 4.76. The molecular weight excluding hydrogens is 274 g/mol. The number of rotatable bonds is 3. The minimum atomic E-state index is -0.889. The molecule has 7 heteroatoms. The van der Waals surface area contributed by atoms with Crippen molar-refractivity contribution >= 4 is 29.3 Å². The number of anilines is 2. The van der Waals surface area contributed by atoms with E-state index in [1.807, 2.05) is 0 Å². The normalized spacial score (nSPS) is 18.5. The van der Waals surface area contributed by atoms with Gasteiger partial charge in [0, 0.05) is 6.54 Å². The highest BCUT2D eigenvalue weighted by Gasteiger charge is 2.50. The first kappa shape index (κ1) is 13.4. The van der Waals surface area contributed by atoms with Crippen LogP contribution in [0.25, 0.3) is 0 Å². The molecule has 1 aliphatic carbocycles. The third-order valence-electron chi connectivity index (χ3n) is 3.90. The number of hydrogen-bond donors (Lipinski definition) is 3. The van der Waals surface area contributed by atoms with Crippen molar-refractivity contribution in [3.05, 3.63) is 24.3 Å². The lowest BCUT2D eigenvalue weighted by atomic mass is 10.1. The summed E-state index contributed by atoms with van der Waals surface area (Å²) in [6.07, 6.45) is 1.14. The van der Waals surface area contributed by atoms with Gasteiger partial charge in [-0.2, -0.15) is 0 Å². The number of carboxylic acids is 1. The first-order valence-corrected chi connectivity index (χ1v) is 6.69. The summed E-state index contributed by atoms with van der Waals surface area (Å²) in [4.78, 5) is 36.3. The number of carbonyl (C=O) groups excluding carboxylic acids is 2. The molecule has 2 aliphatic rings. The van der Waals surface area contributed by atoms with Gasteiger partial charge in [-0.25, -0.2) is 4.79 Å². The molecule has 1 aromatic rings. The molecule has 1 fully saturated rings. The van der Waals surface area contributed by atoms with Crippen LogP contribution in [0.2, 0.25) is 0 Å². The van der Waals surface area contributed by atoms with Crippen LogP contribution < -0.4 is 15.5 Å². The van der Waals surface area contributed by atoms with Crippen LogP contribution >= 0.6 is 0 Å². The third-order valence-corrected chi connectivity index (χ3v) is 3.90. The predicted octanol–water partition coefficient (Wildman–Crippen LogP) is 1.02. The van der Waals surface area contributed by atoms with Crippen molar-refractivity contribution in [2.24, 2.45) is 5.41 Å². The van der Waals surface area contributed by atoms with E-state index in [9.17, 15) is 14.4 Å². The van der Waals surface area contributed by atoms with E-state index in [2.05, 4.69) is 10.6 Å². The Bertz CT molecular complexity index is 624. The van der Waals surface area contributed by atoms with E-state index in [1.54, 1.807) is 24.3 Å². The van der Waals surface area contributed by atoms with Crippen LogP contribution in [0.15, 0.2) is 24.3 Å². The van der Waals surface area contributed by atoms with Crippen molar-refractivity contribution < 1.29 is 19.5 Å². The topological polar surface area (TPSA) is 98.7 Å². The van der Waals surface area contributed by atoms with Crippen LogP contribution in [0.4, 0.5) is 16.2 Å².